The molecule has 0 saturated carbocycles. The summed E-state index contributed by atoms with van der Waals surface area (Å²) in [6.07, 6.45) is 0. The Morgan fingerprint density at radius 2 is 1.26 bits per heavy atom. The summed E-state index contributed by atoms with van der Waals surface area (Å²) in [6.45, 7) is 0.682. The van der Waals surface area contributed by atoms with E-state index in [0.717, 1.165) is 23.8 Å². The molecule has 0 aliphatic carbocycles. The van der Waals surface area contributed by atoms with Gasteiger partial charge in [-0.25, -0.2) is 0 Å². The second-order valence-electron chi connectivity index (χ2n) is 10.8. The van der Waals surface area contributed by atoms with E-state index in [4.69, 9.17) is 9.15 Å². The van der Waals surface area contributed by atoms with Crippen molar-refractivity contribution in [3.8, 4) is 27.9 Å². The number of furan rings is 1. The fraction of sp³-hybridized carbons (Fsp3) is 0.0526. The van der Waals surface area contributed by atoms with E-state index in [1.165, 1.54) is 60.6 Å². The summed E-state index contributed by atoms with van der Waals surface area (Å²) >= 11 is 0. The third-order valence-corrected chi connectivity index (χ3v) is 8.37. The van der Waals surface area contributed by atoms with E-state index in [9.17, 15) is 0 Å². The Morgan fingerprint density at radius 1 is 0.571 bits per heavy atom. The fourth-order valence-corrected chi connectivity index (χ4v) is 6.39. The molecular weight excluding hydrogens is 513 g/mol. The molecule has 0 spiro atoms. The molecule has 0 aliphatic heterocycles. The van der Waals surface area contributed by atoms with Gasteiger partial charge in [0, 0.05) is 40.8 Å². The second kappa shape index (κ2) is 10.1. The first-order chi connectivity index (χ1) is 20.8. The number of benzene rings is 6. The number of hydrogen-bond donors (Lipinski definition) is 0. The lowest BCUT2D eigenvalue weighted by molar-refractivity contribution is 0.252. The summed E-state index contributed by atoms with van der Waals surface area (Å²) in [5.41, 5.74) is 11.5. The molecule has 0 aliphatic rings. The lowest BCUT2D eigenvalue weighted by Crippen LogP contribution is -2.19. The average Bonchev–Trinajstić information content (AvgIpc) is 3.59. The first-order valence-corrected chi connectivity index (χ1v) is 14.4. The van der Waals surface area contributed by atoms with Gasteiger partial charge < -0.3 is 13.7 Å². The highest BCUT2D eigenvalue weighted by Crippen LogP contribution is 2.37. The van der Waals surface area contributed by atoms with Crippen LogP contribution in [-0.2, 0) is 4.74 Å². The van der Waals surface area contributed by atoms with Crippen LogP contribution in [0.4, 0.5) is 0 Å². The third-order valence-electron chi connectivity index (χ3n) is 8.37. The van der Waals surface area contributed by atoms with Gasteiger partial charge in [-0.3, -0.25) is 0 Å². The van der Waals surface area contributed by atoms with Gasteiger partial charge in [0.05, 0.1) is 11.0 Å². The number of hydrogen-bond acceptors (Lipinski definition) is 2. The van der Waals surface area contributed by atoms with Gasteiger partial charge in [0.25, 0.3) is 0 Å². The SMILES string of the molecule is COCBc1cccc2oc3ccc(-c4cccc(-c5ccc6c(c5)c5ccccc5n6-c5ccccc5)c4)cc3c12. The van der Waals surface area contributed by atoms with Crippen LogP contribution < -0.4 is 5.46 Å². The van der Waals surface area contributed by atoms with Crippen LogP contribution in [0.15, 0.2) is 138 Å². The van der Waals surface area contributed by atoms with E-state index in [2.05, 4.69) is 138 Å². The van der Waals surface area contributed by atoms with Gasteiger partial charge in [-0.2, -0.15) is 0 Å². The molecule has 0 fully saturated rings. The number of aromatic nitrogens is 1. The summed E-state index contributed by atoms with van der Waals surface area (Å²) in [4.78, 5) is 0. The molecular formula is C38H28BNO2. The van der Waals surface area contributed by atoms with Crippen LogP contribution in [0.5, 0.6) is 0 Å². The molecule has 0 saturated heterocycles. The molecule has 0 unspecified atom stereocenters. The summed E-state index contributed by atoms with van der Waals surface area (Å²) in [7, 11) is 2.60. The van der Waals surface area contributed by atoms with E-state index < -0.39 is 0 Å². The van der Waals surface area contributed by atoms with Crippen molar-refractivity contribution in [3.05, 3.63) is 133 Å². The highest BCUT2D eigenvalue weighted by atomic mass is 16.5. The number of fused-ring (bicyclic) bond motifs is 6. The Hall–Kier alpha value is -5.06. The van der Waals surface area contributed by atoms with Crippen molar-refractivity contribution in [1.29, 1.82) is 0 Å². The van der Waals surface area contributed by atoms with Crippen LogP contribution in [0.25, 0.3) is 71.7 Å². The minimum Gasteiger partial charge on any atom is -0.456 e. The summed E-state index contributed by atoms with van der Waals surface area (Å²) in [6, 6.07) is 47.8. The standard InChI is InChI=1S/C38H28BNO2/c1-41-24-39-33-14-8-16-37-38(33)32-23-28(18-20-36(32)42-37)26-10-7-9-25(21-26)27-17-19-35-31(22-27)30-13-5-6-15-34(30)40(35)29-11-3-2-4-12-29/h2-23,39H,24H2,1H3. The summed E-state index contributed by atoms with van der Waals surface area (Å²) in [5, 5.41) is 4.85. The molecule has 8 rings (SSSR count). The van der Waals surface area contributed by atoms with Crippen molar-refractivity contribution in [3.63, 3.8) is 0 Å². The predicted octanol–water partition coefficient (Wildman–Crippen LogP) is 8.68. The minimum absolute atomic E-state index is 0.682. The van der Waals surface area contributed by atoms with E-state index in [0.29, 0.717) is 6.51 Å². The maximum Gasteiger partial charge on any atom is 0.189 e. The third kappa shape index (κ3) is 4.03. The molecule has 0 bridgehead atoms. The van der Waals surface area contributed by atoms with Crippen LogP contribution in [0.2, 0.25) is 0 Å². The van der Waals surface area contributed by atoms with Crippen LogP contribution in [0.3, 0.4) is 0 Å². The van der Waals surface area contributed by atoms with Crippen molar-refractivity contribution in [2.24, 2.45) is 0 Å². The first-order valence-electron chi connectivity index (χ1n) is 14.4. The van der Waals surface area contributed by atoms with E-state index in [-0.39, 0.29) is 0 Å². The zero-order chi connectivity index (χ0) is 28.0. The van der Waals surface area contributed by atoms with Gasteiger partial charge in [0.15, 0.2) is 7.28 Å². The molecule has 0 radical (unpaired) electrons. The average molecular weight is 541 g/mol. The van der Waals surface area contributed by atoms with Gasteiger partial charge in [0.2, 0.25) is 0 Å². The Morgan fingerprint density at radius 3 is 2.10 bits per heavy atom. The Kier molecular flexibility index (Phi) is 5.94. The molecule has 0 amide bonds. The Labute approximate surface area is 244 Å². The molecule has 2 heterocycles. The van der Waals surface area contributed by atoms with Gasteiger partial charge in [-0.05, 0) is 76.9 Å². The lowest BCUT2D eigenvalue weighted by Gasteiger charge is -2.09. The highest BCUT2D eigenvalue weighted by Gasteiger charge is 2.15. The molecule has 2 aromatic heterocycles. The molecule has 0 atom stereocenters. The van der Waals surface area contributed by atoms with Gasteiger partial charge in [0.1, 0.15) is 11.2 Å². The van der Waals surface area contributed by atoms with Gasteiger partial charge >= 0.3 is 0 Å². The zero-order valence-corrected chi connectivity index (χ0v) is 23.4. The van der Waals surface area contributed by atoms with E-state index in [1.54, 1.807) is 7.11 Å². The smallest absolute Gasteiger partial charge is 0.189 e. The normalized spacial score (nSPS) is 11.6. The van der Waals surface area contributed by atoms with Crippen LogP contribution in [0, 0.1) is 0 Å². The van der Waals surface area contributed by atoms with Crippen molar-refractivity contribution in [2.45, 2.75) is 0 Å². The van der Waals surface area contributed by atoms with E-state index >= 15 is 0 Å². The maximum absolute atomic E-state index is 6.22. The number of para-hydroxylation sites is 2. The van der Waals surface area contributed by atoms with Crippen molar-refractivity contribution >= 4 is 56.5 Å². The lowest BCUT2D eigenvalue weighted by atomic mass is 9.69. The molecule has 0 N–H and O–H groups in total. The molecule has 4 heteroatoms. The molecule has 200 valence electrons. The molecule has 3 nitrogen and oxygen atoms in total. The van der Waals surface area contributed by atoms with Crippen LogP contribution in [-0.4, -0.2) is 25.5 Å². The largest absolute Gasteiger partial charge is 0.456 e. The number of nitrogens with zero attached hydrogens (tertiary/aromatic N) is 1. The number of methoxy groups -OCH3 is 1. The number of ether oxygens (including phenoxy) is 1. The second-order valence-corrected chi connectivity index (χ2v) is 10.8. The number of rotatable bonds is 6. The quantitative estimate of drug-likeness (QED) is 0.197. The molecule has 8 aromatic rings. The molecule has 42 heavy (non-hydrogen) atoms. The minimum atomic E-state index is 0.682. The van der Waals surface area contributed by atoms with Crippen LogP contribution >= 0.6 is 0 Å². The first kappa shape index (κ1) is 24.7. The monoisotopic (exact) mass is 541 g/mol. The van der Waals surface area contributed by atoms with Gasteiger partial charge in [-0.15, -0.1) is 0 Å². The van der Waals surface area contributed by atoms with Crippen molar-refractivity contribution in [1.82, 2.24) is 4.57 Å². The predicted molar refractivity (Wildman–Crippen MR) is 178 cm³/mol. The summed E-state index contributed by atoms with van der Waals surface area (Å²) in [5.74, 6) is 0. The zero-order valence-electron chi connectivity index (χ0n) is 23.4. The maximum atomic E-state index is 6.22. The van der Waals surface area contributed by atoms with Crippen molar-refractivity contribution < 1.29 is 9.15 Å². The Bertz CT molecular complexity index is 2240. The Balaban J connectivity index is 1.24. The van der Waals surface area contributed by atoms with Gasteiger partial charge in [-0.1, -0.05) is 84.3 Å². The van der Waals surface area contributed by atoms with Crippen molar-refractivity contribution in [2.75, 3.05) is 13.6 Å². The van der Waals surface area contributed by atoms with Crippen LogP contribution in [0.1, 0.15) is 0 Å². The topological polar surface area (TPSA) is 27.3 Å². The fourth-order valence-electron chi connectivity index (χ4n) is 6.39. The molecule has 6 aromatic carbocycles. The highest BCUT2D eigenvalue weighted by molar-refractivity contribution is 6.58. The summed E-state index contributed by atoms with van der Waals surface area (Å²) < 4.78 is 14.0. The van der Waals surface area contributed by atoms with E-state index in [1.807, 2.05) is 0 Å².